The van der Waals surface area contributed by atoms with Crippen LogP contribution in [-0.4, -0.2) is 36.4 Å². The zero-order chi connectivity index (χ0) is 15.4. The van der Waals surface area contributed by atoms with Crippen molar-refractivity contribution in [2.75, 3.05) is 13.7 Å². The summed E-state index contributed by atoms with van der Waals surface area (Å²) in [5.41, 5.74) is 0.611. The van der Waals surface area contributed by atoms with Crippen LogP contribution in [0.25, 0.3) is 0 Å². The third kappa shape index (κ3) is 3.71. The average Bonchev–Trinajstić information content (AvgIpc) is 2.89. The number of hydrogen-bond acceptors (Lipinski definition) is 3. The number of carbonyl (C=O) groups is 2. The molecule has 114 valence electrons. The highest BCUT2D eigenvalue weighted by Crippen LogP contribution is 2.16. The van der Waals surface area contributed by atoms with E-state index in [-0.39, 0.29) is 18.4 Å². The lowest BCUT2D eigenvalue weighted by Crippen LogP contribution is -2.45. The van der Waals surface area contributed by atoms with Gasteiger partial charge >= 0.3 is 0 Å². The second-order valence-corrected chi connectivity index (χ2v) is 5.08. The molecule has 0 bridgehead atoms. The molecule has 1 unspecified atom stereocenters. The van der Waals surface area contributed by atoms with Gasteiger partial charge in [-0.25, -0.2) is 4.39 Å². The van der Waals surface area contributed by atoms with Gasteiger partial charge in [0.25, 0.3) is 0 Å². The van der Waals surface area contributed by atoms with Crippen LogP contribution in [-0.2, 0) is 16.1 Å². The van der Waals surface area contributed by atoms with Crippen molar-refractivity contribution in [2.45, 2.75) is 32.4 Å². The van der Waals surface area contributed by atoms with Crippen LogP contribution in [0.2, 0.25) is 0 Å². The number of amides is 2. The van der Waals surface area contributed by atoms with Crippen molar-refractivity contribution in [3.63, 3.8) is 0 Å². The Hall–Kier alpha value is -2.11. The molecule has 5 nitrogen and oxygen atoms in total. The molecule has 2 rings (SSSR count). The molecule has 0 aliphatic carbocycles. The first-order valence-corrected chi connectivity index (χ1v) is 6.92. The highest BCUT2D eigenvalue weighted by Gasteiger charge is 2.29. The summed E-state index contributed by atoms with van der Waals surface area (Å²) >= 11 is 0. The van der Waals surface area contributed by atoms with Crippen molar-refractivity contribution in [3.05, 3.63) is 29.6 Å². The molecule has 1 aliphatic rings. The lowest BCUT2D eigenvalue weighted by atomic mass is 10.2. The van der Waals surface area contributed by atoms with Gasteiger partial charge in [0.2, 0.25) is 11.8 Å². The summed E-state index contributed by atoms with van der Waals surface area (Å²) in [6.45, 7) is 2.51. The van der Waals surface area contributed by atoms with E-state index in [0.717, 1.165) is 6.42 Å². The van der Waals surface area contributed by atoms with Crippen LogP contribution in [0, 0.1) is 5.82 Å². The normalized spacial score (nSPS) is 16.0. The fourth-order valence-corrected chi connectivity index (χ4v) is 2.40. The number of ether oxygens (including phenoxy) is 1. The van der Waals surface area contributed by atoms with Gasteiger partial charge in [-0.05, 0) is 31.0 Å². The average molecular weight is 294 g/mol. The first-order chi connectivity index (χ1) is 10.0. The molecule has 1 heterocycles. The van der Waals surface area contributed by atoms with E-state index in [4.69, 9.17) is 4.74 Å². The van der Waals surface area contributed by atoms with Crippen LogP contribution < -0.4 is 10.1 Å². The summed E-state index contributed by atoms with van der Waals surface area (Å²) in [7, 11) is 1.46. The lowest BCUT2D eigenvalue weighted by molar-refractivity contribution is -0.136. The Labute approximate surface area is 123 Å². The largest absolute Gasteiger partial charge is 0.497 e. The second-order valence-electron chi connectivity index (χ2n) is 5.08. The van der Waals surface area contributed by atoms with E-state index in [0.29, 0.717) is 24.3 Å². The maximum atomic E-state index is 13.3. The number of halogens is 1. The van der Waals surface area contributed by atoms with Gasteiger partial charge in [0.15, 0.2) is 0 Å². The van der Waals surface area contributed by atoms with Crippen molar-refractivity contribution in [2.24, 2.45) is 0 Å². The van der Waals surface area contributed by atoms with E-state index in [1.54, 1.807) is 17.9 Å². The number of rotatable bonds is 5. The third-order valence-corrected chi connectivity index (χ3v) is 3.59. The molecule has 21 heavy (non-hydrogen) atoms. The van der Waals surface area contributed by atoms with Gasteiger partial charge in [-0.3, -0.25) is 9.59 Å². The van der Waals surface area contributed by atoms with Crippen LogP contribution in [0.3, 0.4) is 0 Å². The molecule has 1 saturated heterocycles. The first-order valence-electron chi connectivity index (χ1n) is 6.92. The minimum Gasteiger partial charge on any atom is -0.497 e. The number of carbonyl (C=O) groups excluding carboxylic acids is 2. The van der Waals surface area contributed by atoms with Crippen LogP contribution >= 0.6 is 0 Å². The molecule has 1 aromatic rings. The predicted octanol–water partition coefficient (Wildman–Crippen LogP) is 1.46. The summed E-state index contributed by atoms with van der Waals surface area (Å²) in [4.78, 5) is 25.2. The van der Waals surface area contributed by atoms with Crippen molar-refractivity contribution >= 4 is 11.8 Å². The molecule has 1 aromatic carbocycles. The van der Waals surface area contributed by atoms with Gasteiger partial charge in [0.05, 0.1) is 7.11 Å². The zero-order valence-corrected chi connectivity index (χ0v) is 12.2. The van der Waals surface area contributed by atoms with Gasteiger partial charge in [0.1, 0.15) is 17.6 Å². The van der Waals surface area contributed by atoms with Gasteiger partial charge in [-0.15, -0.1) is 0 Å². The standard InChI is InChI=1S/C15H19FN2O3/c1-10(18-5-3-4-14(18)19)15(20)17-9-11-6-12(16)8-13(7-11)21-2/h6-8,10H,3-5,9H2,1-2H3,(H,17,20). The SMILES string of the molecule is COc1cc(F)cc(CNC(=O)C(C)N2CCCC2=O)c1. The number of benzene rings is 1. The fraction of sp³-hybridized carbons (Fsp3) is 0.467. The Morgan fingerprint density at radius 3 is 2.86 bits per heavy atom. The first kappa shape index (κ1) is 15.3. The molecular weight excluding hydrogens is 275 g/mol. The monoisotopic (exact) mass is 294 g/mol. The molecule has 0 saturated carbocycles. The number of nitrogens with one attached hydrogen (secondary N) is 1. The number of likely N-dealkylation sites (tertiary alicyclic amines) is 1. The van der Waals surface area contributed by atoms with Gasteiger partial charge in [0, 0.05) is 25.6 Å². The number of methoxy groups -OCH3 is 1. The molecule has 6 heteroatoms. The maximum absolute atomic E-state index is 13.3. The Bertz CT molecular complexity index is 548. The highest BCUT2D eigenvalue weighted by molar-refractivity contribution is 5.88. The van der Waals surface area contributed by atoms with Crippen LogP contribution in [0.15, 0.2) is 18.2 Å². The smallest absolute Gasteiger partial charge is 0.242 e. The van der Waals surface area contributed by atoms with Crippen LogP contribution in [0.4, 0.5) is 4.39 Å². The molecular formula is C15H19FN2O3. The van der Waals surface area contributed by atoms with Crippen molar-refractivity contribution < 1.29 is 18.7 Å². The Kier molecular flexibility index (Phi) is 4.77. The number of hydrogen-bond donors (Lipinski definition) is 1. The minimum absolute atomic E-state index is 0.00470. The van der Waals surface area contributed by atoms with E-state index >= 15 is 0 Å². The third-order valence-electron chi connectivity index (χ3n) is 3.59. The van der Waals surface area contributed by atoms with E-state index in [2.05, 4.69) is 5.32 Å². The molecule has 0 aromatic heterocycles. The summed E-state index contributed by atoms with van der Waals surface area (Å²) in [5, 5.41) is 2.72. The van der Waals surface area contributed by atoms with Gasteiger partial charge < -0.3 is 15.0 Å². The molecule has 1 N–H and O–H groups in total. The summed E-state index contributed by atoms with van der Waals surface area (Å²) < 4.78 is 18.3. The highest BCUT2D eigenvalue weighted by atomic mass is 19.1. The van der Waals surface area contributed by atoms with Crippen LogP contribution in [0.5, 0.6) is 5.75 Å². The molecule has 2 amide bonds. The predicted molar refractivity (Wildman–Crippen MR) is 75.2 cm³/mol. The minimum atomic E-state index is -0.504. The molecule has 0 spiro atoms. The van der Waals surface area contributed by atoms with Gasteiger partial charge in [-0.2, -0.15) is 0 Å². The van der Waals surface area contributed by atoms with E-state index in [1.807, 2.05) is 0 Å². The summed E-state index contributed by atoms with van der Waals surface area (Å²) in [6, 6.07) is 3.77. The lowest BCUT2D eigenvalue weighted by Gasteiger charge is -2.23. The Morgan fingerprint density at radius 2 is 2.24 bits per heavy atom. The maximum Gasteiger partial charge on any atom is 0.242 e. The van der Waals surface area contributed by atoms with Crippen molar-refractivity contribution in [1.29, 1.82) is 0 Å². The topological polar surface area (TPSA) is 58.6 Å². The van der Waals surface area contributed by atoms with E-state index < -0.39 is 11.9 Å². The van der Waals surface area contributed by atoms with Gasteiger partial charge in [-0.1, -0.05) is 0 Å². The van der Waals surface area contributed by atoms with Crippen LogP contribution in [0.1, 0.15) is 25.3 Å². The zero-order valence-electron chi connectivity index (χ0n) is 12.2. The molecule has 0 radical (unpaired) electrons. The Balaban J connectivity index is 1.94. The number of nitrogens with zero attached hydrogens (tertiary/aromatic N) is 1. The van der Waals surface area contributed by atoms with E-state index in [9.17, 15) is 14.0 Å². The molecule has 1 fully saturated rings. The Morgan fingerprint density at radius 1 is 1.48 bits per heavy atom. The summed E-state index contributed by atoms with van der Waals surface area (Å²) in [5.74, 6) is -0.248. The molecule has 1 aliphatic heterocycles. The molecule has 1 atom stereocenters. The summed E-state index contributed by atoms with van der Waals surface area (Å²) in [6.07, 6.45) is 1.29. The van der Waals surface area contributed by atoms with E-state index in [1.165, 1.54) is 19.2 Å². The van der Waals surface area contributed by atoms with Crippen molar-refractivity contribution in [1.82, 2.24) is 10.2 Å². The second kappa shape index (κ2) is 6.56. The fourth-order valence-electron chi connectivity index (χ4n) is 2.40. The quantitative estimate of drug-likeness (QED) is 0.894. The van der Waals surface area contributed by atoms with Crippen molar-refractivity contribution in [3.8, 4) is 5.75 Å².